The minimum absolute atomic E-state index is 0. The number of aryl methyl sites for hydroxylation is 1. The molecule has 2 aromatic rings. The van der Waals surface area contributed by atoms with Gasteiger partial charge in [0.15, 0.2) is 12.4 Å². The van der Waals surface area contributed by atoms with Crippen molar-refractivity contribution in [2.45, 2.75) is 130 Å². The second kappa shape index (κ2) is 25.3. The minimum atomic E-state index is -0.345. The summed E-state index contributed by atoms with van der Waals surface area (Å²) in [5, 5.41) is 5.79. The molecule has 0 radical (unpaired) electrons. The first kappa shape index (κ1) is 37.9. The van der Waals surface area contributed by atoms with E-state index in [1.54, 1.807) is 6.07 Å². The number of rotatable bonds is 23. The Balaban J connectivity index is 0.00000882. The molecule has 7 heteroatoms. The summed E-state index contributed by atoms with van der Waals surface area (Å²) in [5.41, 5.74) is 2.41. The monoisotopic (exact) mass is 693 g/mol. The first-order chi connectivity index (χ1) is 20.1. The number of amides is 2. The Labute approximate surface area is 272 Å². The maximum atomic E-state index is 12.5. The van der Waals surface area contributed by atoms with Gasteiger partial charge in [-0.3, -0.25) is 4.79 Å². The standard InChI is InChI=1S/C35H55N3O3.HI/c1-3-5-6-7-8-9-10-11-12-13-14-15-16-17-18-19-27-36-35(40)41-29-26-31-22-24-33(25-23-31)37-34(39)32-21-20-28-38(4-2)30-32;/h20-25,28,30H,3-19,26-27,29H2,1-2H3,(H-,36,37,39,40);1H. The van der Waals surface area contributed by atoms with Gasteiger partial charge in [-0.1, -0.05) is 115 Å². The number of hydrogen-bond donors (Lipinski definition) is 2. The van der Waals surface area contributed by atoms with Gasteiger partial charge in [-0.05, 0) is 37.1 Å². The average molecular weight is 694 g/mol. The fourth-order valence-corrected chi connectivity index (χ4v) is 4.99. The number of ether oxygens (including phenoxy) is 1. The van der Waals surface area contributed by atoms with Crippen molar-refractivity contribution in [1.82, 2.24) is 5.32 Å². The molecule has 0 aliphatic rings. The SMILES string of the molecule is CCCCCCCCCCCCCCCCCCNC(=O)OCCc1ccc(NC(=O)c2ccc[n+](CC)c2)cc1.[I-]. The van der Waals surface area contributed by atoms with Crippen LogP contribution in [0, 0.1) is 0 Å². The van der Waals surface area contributed by atoms with E-state index in [2.05, 4.69) is 17.6 Å². The first-order valence-corrected chi connectivity index (χ1v) is 16.4. The van der Waals surface area contributed by atoms with E-state index in [1.807, 2.05) is 54.2 Å². The van der Waals surface area contributed by atoms with E-state index in [0.29, 0.717) is 25.1 Å². The molecule has 42 heavy (non-hydrogen) atoms. The number of pyridine rings is 1. The zero-order valence-corrected chi connectivity index (χ0v) is 28.5. The molecular formula is C35H56IN3O3. The van der Waals surface area contributed by atoms with Crippen LogP contribution in [0.4, 0.5) is 10.5 Å². The van der Waals surface area contributed by atoms with Crippen LogP contribution >= 0.6 is 0 Å². The predicted molar refractivity (Wildman–Crippen MR) is 169 cm³/mol. The van der Waals surface area contributed by atoms with E-state index < -0.39 is 0 Å². The smallest absolute Gasteiger partial charge is 0.407 e. The molecule has 0 unspecified atom stereocenters. The normalized spacial score (nSPS) is 10.6. The number of halogens is 1. The zero-order valence-electron chi connectivity index (χ0n) is 26.3. The predicted octanol–water partition coefficient (Wildman–Crippen LogP) is 5.78. The number of carbonyl (C=O) groups excluding carboxylic acids is 2. The van der Waals surface area contributed by atoms with Gasteiger partial charge in [0.25, 0.3) is 5.91 Å². The number of aromatic nitrogens is 1. The number of benzene rings is 1. The molecule has 6 nitrogen and oxygen atoms in total. The lowest BCUT2D eigenvalue weighted by Crippen LogP contribution is -3.00. The van der Waals surface area contributed by atoms with Gasteiger partial charge >= 0.3 is 6.09 Å². The van der Waals surface area contributed by atoms with Crippen LogP contribution in [0.15, 0.2) is 48.8 Å². The molecule has 0 saturated carbocycles. The molecule has 0 spiro atoms. The molecule has 0 atom stereocenters. The molecule has 1 aromatic carbocycles. The maximum Gasteiger partial charge on any atom is 0.407 e. The van der Waals surface area contributed by atoms with Gasteiger partial charge in [-0.15, -0.1) is 0 Å². The highest BCUT2D eigenvalue weighted by atomic mass is 127. The molecule has 236 valence electrons. The molecule has 2 rings (SSSR count). The summed E-state index contributed by atoms with van der Waals surface area (Å²) in [4.78, 5) is 24.5. The zero-order chi connectivity index (χ0) is 29.4. The van der Waals surface area contributed by atoms with Crippen LogP contribution in [0.1, 0.15) is 133 Å². The summed E-state index contributed by atoms with van der Waals surface area (Å²) >= 11 is 0. The molecule has 1 heterocycles. The van der Waals surface area contributed by atoms with Crippen LogP contribution in [0.2, 0.25) is 0 Å². The van der Waals surface area contributed by atoms with Crippen LogP contribution in [-0.4, -0.2) is 25.2 Å². The van der Waals surface area contributed by atoms with Crippen molar-refractivity contribution in [3.63, 3.8) is 0 Å². The Kier molecular flexibility index (Phi) is 22.9. The lowest BCUT2D eigenvalue weighted by atomic mass is 10.0. The molecule has 0 fully saturated rings. The van der Waals surface area contributed by atoms with Crippen LogP contribution < -0.4 is 39.2 Å². The minimum Gasteiger partial charge on any atom is -1.00 e. The third-order valence-electron chi connectivity index (χ3n) is 7.62. The van der Waals surface area contributed by atoms with Crippen molar-refractivity contribution in [1.29, 1.82) is 0 Å². The van der Waals surface area contributed by atoms with Crippen molar-refractivity contribution in [2.24, 2.45) is 0 Å². The largest absolute Gasteiger partial charge is 1.00 e. The fraction of sp³-hybridized carbons (Fsp3) is 0.629. The molecule has 2 amide bonds. The lowest BCUT2D eigenvalue weighted by Gasteiger charge is -2.08. The Bertz CT molecular complexity index is 968. The third kappa shape index (κ3) is 18.4. The summed E-state index contributed by atoms with van der Waals surface area (Å²) in [6.45, 7) is 6.13. The van der Waals surface area contributed by atoms with Crippen molar-refractivity contribution < 1.29 is 42.9 Å². The van der Waals surface area contributed by atoms with E-state index in [-0.39, 0.29) is 36.0 Å². The number of nitrogens with one attached hydrogen (secondary N) is 2. The lowest BCUT2D eigenvalue weighted by molar-refractivity contribution is -0.693. The third-order valence-corrected chi connectivity index (χ3v) is 7.62. The Morgan fingerprint density at radius 2 is 1.29 bits per heavy atom. The molecule has 2 N–H and O–H groups in total. The quantitative estimate of drug-likeness (QED) is 0.0882. The van der Waals surface area contributed by atoms with Gasteiger partial charge in [0.05, 0.1) is 6.61 Å². The topological polar surface area (TPSA) is 71.3 Å². The highest BCUT2D eigenvalue weighted by Gasteiger charge is 2.10. The number of carbonyl (C=O) groups is 2. The Hall–Kier alpha value is -2.16. The Morgan fingerprint density at radius 3 is 1.83 bits per heavy atom. The summed E-state index contributed by atoms with van der Waals surface area (Å²) < 4.78 is 7.29. The van der Waals surface area contributed by atoms with Crippen LogP contribution in [0.5, 0.6) is 0 Å². The number of hydrogen-bond acceptors (Lipinski definition) is 3. The fourth-order valence-electron chi connectivity index (χ4n) is 4.99. The first-order valence-electron chi connectivity index (χ1n) is 16.4. The van der Waals surface area contributed by atoms with E-state index in [9.17, 15) is 9.59 Å². The van der Waals surface area contributed by atoms with Gasteiger partial charge in [-0.2, -0.15) is 0 Å². The Morgan fingerprint density at radius 1 is 0.738 bits per heavy atom. The van der Waals surface area contributed by atoms with E-state index >= 15 is 0 Å². The second-order valence-electron chi connectivity index (χ2n) is 11.2. The second-order valence-corrected chi connectivity index (χ2v) is 11.2. The van der Waals surface area contributed by atoms with Gasteiger partial charge in [0, 0.05) is 24.7 Å². The summed E-state index contributed by atoms with van der Waals surface area (Å²) in [6.07, 6.45) is 25.6. The van der Waals surface area contributed by atoms with Crippen molar-refractivity contribution in [2.75, 3.05) is 18.5 Å². The molecule has 0 aliphatic heterocycles. The van der Waals surface area contributed by atoms with E-state index in [1.165, 1.54) is 89.9 Å². The molecule has 1 aromatic heterocycles. The summed E-state index contributed by atoms with van der Waals surface area (Å²) in [6, 6.07) is 11.3. The van der Waals surface area contributed by atoms with Crippen LogP contribution in [0.3, 0.4) is 0 Å². The van der Waals surface area contributed by atoms with Gasteiger partial charge in [-0.25, -0.2) is 9.36 Å². The summed E-state index contributed by atoms with van der Waals surface area (Å²) in [7, 11) is 0. The van der Waals surface area contributed by atoms with E-state index in [0.717, 1.165) is 30.6 Å². The van der Waals surface area contributed by atoms with E-state index in [4.69, 9.17) is 4.74 Å². The molecular weight excluding hydrogens is 637 g/mol. The number of unbranched alkanes of at least 4 members (excludes halogenated alkanes) is 15. The van der Waals surface area contributed by atoms with Crippen LogP contribution in [-0.2, 0) is 17.7 Å². The number of nitrogens with zero attached hydrogens (tertiary/aromatic N) is 1. The highest BCUT2D eigenvalue weighted by Crippen LogP contribution is 2.14. The van der Waals surface area contributed by atoms with Crippen molar-refractivity contribution >= 4 is 17.7 Å². The number of anilines is 1. The summed E-state index contributed by atoms with van der Waals surface area (Å²) in [5.74, 6) is -0.134. The van der Waals surface area contributed by atoms with Gasteiger partial charge in [0.1, 0.15) is 12.1 Å². The average Bonchev–Trinajstić information content (AvgIpc) is 2.99. The van der Waals surface area contributed by atoms with Gasteiger partial charge in [0.2, 0.25) is 0 Å². The van der Waals surface area contributed by atoms with Gasteiger partial charge < -0.3 is 39.3 Å². The molecule has 0 bridgehead atoms. The molecule has 0 aliphatic carbocycles. The van der Waals surface area contributed by atoms with Crippen LogP contribution in [0.25, 0.3) is 0 Å². The maximum absolute atomic E-state index is 12.5. The molecule has 0 saturated heterocycles. The highest BCUT2D eigenvalue weighted by molar-refractivity contribution is 6.03. The van der Waals surface area contributed by atoms with Crippen molar-refractivity contribution in [3.05, 3.63) is 59.9 Å². The van der Waals surface area contributed by atoms with Crippen molar-refractivity contribution in [3.8, 4) is 0 Å². The number of alkyl carbamates (subject to hydrolysis) is 1.